The van der Waals surface area contributed by atoms with Crippen molar-refractivity contribution >= 4 is 23.2 Å². The second-order valence-electron chi connectivity index (χ2n) is 2.15. The first kappa shape index (κ1) is 11.4. The predicted molar refractivity (Wildman–Crippen MR) is 42.9 cm³/mol. The minimum Gasteiger partial charge on any atom is -0.458 e. The molecule has 0 saturated carbocycles. The van der Waals surface area contributed by atoms with Crippen LogP contribution in [0.4, 0.5) is 17.6 Å². The van der Waals surface area contributed by atoms with Crippen LogP contribution in [0.25, 0.3) is 0 Å². The summed E-state index contributed by atoms with van der Waals surface area (Å²) >= 11 is 10.2. The van der Waals surface area contributed by atoms with E-state index >= 15 is 0 Å². The fourth-order valence-corrected chi connectivity index (χ4v) is 1.22. The van der Waals surface area contributed by atoms with Crippen molar-refractivity contribution in [3.63, 3.8) is 0 Å². The number of halogens is 6. The Labute approximate surface area is 86.2 Å². The first-order valence-corrected chi connectivity index (χ1v) is 3.96. The third-order valence-corrected chi connectivity index (χ3v) is 2.04. The summed E-state index contributed by atoms with van der Waals surface area (Å²) in [4.78, 5) is 0. The van der Waals surface area contributed by atoms with Gasteiger partial charge in [0.05, 0.1) is 0 Å². The van der Waals surface area contributed by atoms with E-state index in [1.807, 2.05) is 0 Å². The molecule has 0 radical (unpaired) electrons. The van der Waals surface area contributed by atoms with E-state index in [0.29, 0.717) is 0 Å². The standard InChI is InChI=1S/C7H2Cl2F4O/c8-2-4(11)3(9)7(14-1-10)6(13)5(2)12/h1H2. The Morgan fingerprint density at radius 2 is 1.50 bits per heavy atom. The lowest BCUT2D eigenvalue weighted by Gasteiger charge is -2.08. The van der Waals surface area contributed by atoms with Gasteiger partial charge in [-0.05, 0) is 0 Å². The summed E-state index contributed by atoms with van der Waals surface area (Å²) in [6, 6.07) is 0. The molecule has 0 aliphatic carbocycles. The maximum absolute atomic E-state index is 12.9. The van der Waals surface area contributed by atoms with E-state index in [9.17, 15) is 17.6 Å². The lowest BCUT2D eigenvalue weighted by molar-refractivity contribution is 0.181. The van der Waals surface area contributed by atoms with Gasteiger partial charge in [-0.2, -0.15) is 4.39 Å². The van der Waals surface area contributed by atoms with Gasteiger partial charge in [0.2, 0.25) is 12.7 Å². The monoisotopic (exact) mass is 248 g/mol. The van der Waals surface area contributed by atoms with Crippen LogP contribution in [0.5, 0.6) is 5.75 Å². The molecular formula is C7H2Cl2F4O. The summed E-state index contributed by atoms with van der Waals surface area (Å²) < 4.78 is 54.2. The van der Waals surface area contributed by atoms with Crippen molar-refractivity contribution in [2.75, 3.05) is 6.86 Å². The minimum absolute atomic E-state index is 0.897. The summed E-state index contributed by atoms with van der Waals surface area (Å²) in [5.41, 5.74) is 0. The number of hydrogen-bond donors (Lipinski definition) is 0. The van der Waals surface area contributed by atoms with Crippen LogP contribution in [-0.4, -0.2) is 6.86 Å². The molecule has 1 aromatic carbocycles. The van der Waals surface area contributed by atoms with E-state index in [1.165, 1.54) is 0 Å². The Morgan fingerprint density at radius 3 is 2.00 bits per heavy atom. The van der Waals surface area contributed by atoms with Gasteiger partial charge in [0.25, 0.3) is 0 Å². The van der Waals surface area contributed by atoms with Crippen LogP contribution >= 0.6 is 23.2 Å². The number of alkyl halides is 1. The second-order valence-corrected chi connectivity index (χ2v) is 2.91. The van der Waals surface area contributed by atoms with Gasteiger partial charge in [0.1, 0.15) is 10.0 Å². The highest BCUT2D eigenvalue weighted by molar-refractivity contribution is 6.35. The van der Waals surface area contributed by atoms with Crippen LogP contribution in [0, 0.1) is 17.5 Å². The molecule has 7 heteroatoms. The molecule has 0 fully saturated rings. The maximum Gasteiger partial charge on any atom is 0.228 e. The zero-order valence-corrected chi connectivity index (χ0v) is 7.89. The van der Waals surface area contributed by atoms with E-state index in [0.717, 1.165) is 0 Å². The third kappa shape index (κ3) is 1.74. The van der Waals surface area contributed by atoms with Crippen molar-refractivity contribution in [1.29, 1.82) is 0 Å². The molecule has 1 rings (SSSR count). The van der Waals surface area contributed by atoms with Crippen molar-refractivity contribution in [1.82, 2.24) is 0 Å². The number of rotatable bonds is 2. The average molecular weight is 249 g/mol. The van der Waals surface area contributed by atoms with Crippen molar-refractivity contribution < 1.29 is 22.3 Å². The van der Waals surface area contributed by atoms with Crippen molar-refractivity contribution in [3.8, 4) is 5.75 Å². The van der Waals surface area contributed by atoms with Crippen LogP contribution in [0.1, 0.15) is 0 Å². The van der Waals surface area contributed by atoms with E-state index in [4.69, 9.17) is 23.2 Å². The molecule has 0 spiro atoms. The molecular weight excluding hydrogens is 247 g/mol. The van der Waals surface area contributed by atoms with Crippen LogP contribution < -0.4 is 4.74 Å². The van der Waals surface area contributed by atoms with Gasteiger partial charge in [-0.15, -0.1) is 0 Å². The molecule has 78 valence electrons. The van der Waals surface area contributed by atoms with Gasteiger partial charge >= 0.3 is 0 Å². The quantitative estimate of drug-likeness (QED) is 0.441. The summed E-state index contributed by atoms with van der Waals surface area (Å²) in [6.45, 7) is -1.46. The Bertz CT molecular complexity index is 340. The molecule has 0 amide bonds. The molecule has 0 saturated heterocycles. The predicted octanol–water partition coefficient (Wildman–Crippen LogP) is 3.72. The van der Waals surface area contributed by atoms with Gasteiger partial charge in [-0.3, -0.25) is 0 Å². The Morgan fingerprint density at radius 1 is 0.929 bits per heavy atom. The summed E-state index contributed by atoms with van der Waals surface area (Å²) in [5, 5.41) is -2.00. The van der Waals surface area contributed by atoms with Gasteiger partial charge in [-0.1, -0.05) is 23.2 Å². The van der Waals surface area contributed by atoms with Crippen LogP contribution in [0.2, 0.25) is 10.0 Å². The first-order valence-electron chi connectivity index (χ1n) is 3.20. The molecule has 0 atom stereocenters. The lowest BCUT2D eigenvalue weighted by Crippen LogP contribution is -2.00. The minimum atomic E-state index is -1.67. The fourth-order valence-electron chi connectivity index (χ4n) is 0.766. The van der Waals surface area contributed by atoms with Gasteiger partial charge in [0.15, 0.2) is 17.4 Å². The van der Waals surface area contributed by atoms with Crippen LogP contribution in [-0.2, 0) is 0 Å². The smallest absolute Gasteiger partial charge is 0.228 e. The number of benzene rings is 1. The van der Waals surface area contributed by atoms with Crippen LogP contribution in [0.3, 0.4) is 0 Å². The summed E-state index contributed by atoms with van der Waals surface area (Å²) in [5.74, 6) is -5.72. The molecule has 0 aliphatic rings. The molecule has 0 aromatic heterocycles. The van der Waals surface area contributed by atoms with E-state index < -0.39 is 40.1 Å². The van der Waals surface area contributed by atoms with Gasteiger partial charge in [0, 0.05) is 0 Å². The highest BCUT2D eigenvalue weighted by Gasteiger charge is 2.24. The molecule has 1 nitrogen and oxygen atoms in total. The zero-order valence-electron chi connectivity index (χ0n) is 6.38. The molecule has 14 heavy (non-hydrogen) atoms. The topological polar surface area (TPSA) is 9.23 Å². The third-order valence-electron chi connectivity index (χ3n) is 1.37. The largest absolute Gasteiger partial charge is 0.458 e. The molecule has 0 heterocycles. The number of hydrogen-bond acceptors (Lipinski definition) is 1. The Balaban J connectivity index is 3.43. The first-order chi connectivity index (χ1) is 6.50. The molecule has 1 aromatic rings. The van der Waals surface area contributed by atoms with E-state index in [2.05, 4.69) is 4.74 Å². The zero-order chi connectivity index (χ0) is 10.9. The van der Waals surface area contributed by atoms with Crippen molar-refractivity contribution in [2.45, 2.75) is 0 Å². The maximum atomic E-state index is 12.9. The molecule has 0 N–H and O–H groups in total. The Kier molecular flexibility index (Phi) is 3.44. The highest BCUT2D eigenvalue weighted by atomic mass is 35.5. The normalized spacial score (nSPS) is 10.4. The van der Waals surface area contributed by atoms with Gasteiger partial charge in [-0.25, -0.2) is 13.2 Å². The van der Waals surface area contributed by atoms with Crippen molar-refractivity contribution in [2.24, 2.45) is 0 Å². The van der Waals surface area contributed by atoms with E-state index in [-0.39, 0.29) is 0 Å². The molecule has 0 aliphatic heterocycles. The summed E-state index contributed by atoms with van der Waals surface area (Å²) in [7, 11) is 0. The second kappa shape index (κ2) is 4.23. The highest BCUT2D eigenvalue weighted by Crippen LogP contribution is 2.37. The van der Waals surface area contributed by atoms with E-state index in [1.54, 1.807) is 0 Å². The summed E-state index contributed by atoms with van der Waals surface area (Å²) in [6.07, 6.45) is 0. The molecule has 0 unspecified atom stereocenters. The number of ether oxygens (including phenoxy) is 1. The average Bonchev–Trinajstić information content (AvgIpc) is 2.19. The van der Waals surface area contributed by atoms with Crippen molar-refractivity contribution in [3.05, 3.63) is 27.5 Å². The Hall–Kier alpha value is -0.680. The lowest BCUT2D eigenvalue weighted by atomic mass is 10.3. The fraction of sp³-hybridized carbons (Fsp3) is 0.143. The van der Waals surface area contributed by atoms with Crippen LogP contribution in [0.15, 0.2) is 0 Å². The molecule has 0 bridgehead atoms. The SMILES string of the molecule is FCOc1c(F)c(F)c(Cl)c(F)c1Cl. The van der Waals surface area contributed by atoms with Gasteiger partial charge < -0.3 is 4.74 Å².